The summed E-state index contributed by atoms with van der Waals surface area (Å²) in [7, 11) is 0. The van der Waals surface area contributed by atoms with E-state index in [0.717, 1.165) is 19.3 Å². The summed E-state index contributed by atoms with van der Waals surface area (Å²) in [6.07, 6.45) is 5.26. The van der Waals surface area contributed by atoms with Crippen LogP contribution in [0.2, 0.25) is 0 Å². The van der Waals surface area contributed by atoms with Gasteiger partial charge < -0.3 is 15.8 Å². The lowest BCUT2D eigenvalue weighted by atomic mass is 10.2. The predicted octanol–water partition coefficient (Wildman–Crippen LogP) is 1.79. The van der Waals surface area contributed by atoms with E-state index < -0.39 is 6.61 Å². The molecule has 0 spiro atoms. The van der Waals surface area contributed by atoms with Gasteiger partial charge in [0.15, 0.2) is 5.75 Å². The smallest absolute Gasteiger partial charge is 0.387 e. The van der Waals surface area contributed by atoms with Gasteiger partial charge in [0, 0.05) is 12.1 Å². The first-order chi connectivity index (χ1) is 8.13. The predicted molar refractivity (Wildman–Crippen MR) is 65.1 cm³/mol. The standard InChI is InChI=1S/C10H14F2N4O.ClH/c11-9(12)17-8-4-14-10(15-5-8)16-7-2-1-6(13)3-7;/h4-7,9H,1-3,13H2,(H,14,15,16);1H/t6-,7-;/m0./s1. The van der Waals surface area contributed by atoms with E-state index in [9.17, 15) is 8.78 Å². The highest BCUT2D eigenvalue weighted by Gasteiger charge is 2.22. The van der Waals surface area contributed by atoms with E-state index in [1.807, 2.05) is 0 Å². The van der Waals surface area contributed by atoms with Crippen molar-refractivity contribution < 1.29 is 13.5 Å². The fourth-order valence-corrected chi connectivity index (χ4v) is 1.88. The molecular weight excluding hydrogens is 266 g/mol. The molecular formula is C10H15ClF2N4O. The maximum absolute atomic E-state index is 11.9. The normalized spacial score (nSPS) is 22.7. The average Bonchev–Trinajstić information content (AvgIpc) is 2.66. The van der Waals surface area contributed by atoms with Gasteiger partial charge in [-0.2, -0.15) is 8.78 Å². The third-order valence-corrected chi connectivity index (χ3v) is 2.66. The lowest BCUT2D eigenvalue weighted by Crippen LogP contribution is -2.21. The first-order valence-corrected chi connectivity index (χ1v) is 5.42. The second kappa shape index (κ2) is 6.65. The molecule has 8 heteroatoms. The van der Waals surface area contributed by atoms with Crippen molar-refractivity contribution in [1.82, 2.24) is 9.97 Å². The van der Waals surface area contributed by atoms with Gasteiger partial charge in [0.2, 0.25) is 5.95 Å². The molecule has 2 rings (SSSR count). The molecule has 3 N–H and O–H groups in total. The van der Waals surface area contributed by atoms with Crippen molar-refractivity contribution in [3.05, 3.63) is 12.4 Å². The molecule has 5 nitrogen and oxygen atoms in total. The Hall–Kier alpha value is -1.21. The summed E-state index contributed by atoms with van der Waals surface area (Å²) in [6.45, 7) is -2.86. The Morgan fingerprint density at radius 1 is 1.33 bits per heavy atom. The minimum absolute atomic E-state index is 0. The summed E-state index contributed by atoms with van der Waals surface area (Å²) < 4.78 is 27.9. The molecule has 0 aromatic carbocycles. The molecule has 1 fully saturated rings. The van der Waals surface area contributed by atoms with Crippen LogP contribution >= 0.6 is 12.4 Å². The summed E-state index contributed by atoms with van der Waals surface area (Å²) in [4.78, 5) is 7.80. The van der Waals surface area contributed by atoms with Crippen LogP contribution in [0.15, 0.2) is 12.4 Å². The van der Waals surface area contributed by atoms with Crippen LogP contribution in [0.3, 0.4) is 0 Å². The summed E-state index contributed by atoms with van der Waals surface area (Å²) in [5.74, 6) is 0.361. The minimum Gasteiger partial charge on any atom is -0.432 e. The van der Waals surface area contributed by atoms with Crippen LogP contribution in [0.1, 0.15) is 19.3 Å². The van der Waals surface area contributed by atoms with E-state index >= 15 is 0 Å². The van der Waals surface area contributed by atoms with E-state index in [-0.39, 0.29) is 30.2 Å². The highest BCUT2D eigenvalue weighted by Crippen LogP contribution is 2.20. The Labute approximate surface area is 110 Å². The van der Waals surface area contributed by atoms with Crippen molar-refractivity contribution in [2.45, 2.75) is 38.0 Å². The second-order valence-corrected chi connectivity index (χ2v) is 4.04. The molecule has 0 radical (unpaired) electrons. The van der Waals surface area contributed by atoms with Gasteiger partial charge in [-0.25, -0.2) is 9.97 Å². The molecule has 1 aliphatic rings. The van der Waals surface area contributed by atoms with Gasteiger partial charge >= 0.3 is 6.61 Å². The number of nitrogens with one attached hydrogen (secondary N) is 1. The van der Waals surface area contributed by atoms with Crippen LogP contribution in [0.25, 0.3) is 0 Å². The number of hydrogen-bond acceptors (Lipinski definition) is 5. The van der Waals surface area contributed by atoms with Gasteiger partial charge in [0.25, 0.3) is 0 Å². The van der Waals surface area contributed by atoms with Gasteiger partial charge in [0.05, 0.1) is 12.4 Å². The number of halogens is 3. The van der Waals surface area contributed by atoms with Crippen molar-refractivity contribution >= 4 is 18.4 Å². The third-order valence-electron chi connectivity index (χ3n) is 2.66. The van der Waals surface area contributed by atoms with E-state index in [1.54, 1.807) is 0 Å². The Morgan fingerprint density at radius 2 is 2.00 bits per heavy atom. The van der Waals surface area contributed by atoms with Gasteiger partial charge in [-0.05, 0) is 19.3 Å². The highest BCUT2D eigenvalue weighted by atomic mass is 35.5. The number of nitrogens with two attached hydrogens (primary N) is 1. The molecule has 18 heavy (non-hydrogen) atoms. The Kier molecular flexibility index (Phi) is 5.49. The second-order valence-electron chi connectivity index (χ2n) is 4.04. The molecule has 1 heterocycles. The van der Waals surface area contributed by atoms with E-state index in [1.165, 1.54) is 12.4 Å². The van der Waals surface area contributed by atoms with Crippen molar-refractivity contribution in [2.75, 3.05) is 5.32 Å². The average molecular weight is 281 g/mol. The minimum atomic E-state index is -2.86. The maximum Gasteiger partial charge on any atom is 0.387 e. The van der Waals surface area contributed by atoms with Crippen molar-refractivity contribution in [3.8, 4) is 5.75 Å². The molecule has 0 saturated heterocycles. The molecule has 2 atom stereocenters. The van der Waals surface area contributed by atoms with Gasteiger partial charge in [-0.15, -0.1) is 12.4 Å². The number of ether oxygens (including phenoxy) is 1. The van der Waals surface area contributed by atoms with Gasteiger partial charge in [-0.1, -0.05) is 0 Å². The molecule has 1 saturated carbocycles. The number of hydrogen-bond donors (Lipinski definition) is 2. The van der Waals surface area contributed by atoms with E-state index in [4.69, 9.17) is 5.73 Å². The summed E-state index contributed by atoms with van der Waals surface area (Å²) in [5.41, 5.74) is 5.77. The van der Waals surface area contributed by atoms with Crippen LogP contribution in [-0.4, -0.2) is 28.7 Å². The van der Waals surface area contributed by atoms with Crippen LogP contribution in [0.5, 0.6) is 5.75 Å². The first kappa shape index (κ1) is 14.8. The lowest BCUT2D eigenvalue weighted by Gasteiger charge is -2.12. The number of anilines is 1. The fourth-order valence-electron chi connectivity index (χ4n) is 1.88. The molecule has 1 aromatic rings. The van der Waals surface area contributed by atoms with Crippen LogP contribution in [-0.2, 0) is 0 Å². The monoisotopic (exact) mass is 280 g/mol. The van der Waals surface area contributed by atoms with E-state index in [0.29, 0.717) is 5.95 Å². The zero-order valence-corrected chi connectivity index (χ0v) is 10.4. The maximum atomic E-state index is 11.9. The molecule has 1 aromatic heterocycles. The van der Waals surface area contributed by atoms with Gasteiger partial charge in [-0.3, -0.25) is 0 Å². The lowest BCUT2D eigenvalue weighted by molar-refractivity contribution is -0.0503. The summed E-state index contributed by atoms with van der Waals surface area (Å²) in [6, 6.07) is 0.473. The Morgan fingerprint density at radius 3 is 2.50 bits per heavy atom. The topological polar surface area (TPSA) is 73.1 Å². The number of rotatable bonds is 4. The highest BCUT2D eigenvalue weighted by molar-refractivity contribution is 5.85. The van der Waals surface area contributed by atoms with Crippen molar-refractivity contribution in [2.24, 2.45) is 5.73 Å². The Balaban J connectivity index is 0.00000162. The summed E-state index contributed by atoms with van der Waals surface area (Å²) in [5, 5.41) is 3.11. The molecule has 0 aliphatic heterocycles. The zero-order valence-electron chi connectivity index (χ0n) is 9.55. The first-order valence-electron chi connectivity index (χ1n) is 5.42. The fraction of sp³-hybridized carbons (Fsp3) is 0.600. The molecule has 102 valence electrons. The Bertz CT molecular complexity index is 365. The third kappa shape index (κ3) is 4.23. The number of alkyl halides is 2. The van der Waals surface area contributed by atoms with Gasteiger partial charge in [0.1, 0.15) is 0 Å². The SMILES string of the molecule is Cl.N[C@H]1CC[C@H](Nc2ncc(OC(F)F)cn2)C1. The van der Waals surface area contributed by atoms with Crippen molar-refractivity contribution in [1.29, 1.82) is 0 Å². The largest absolute Gasteiger partial charge is 0.432 e. The zero-order chi connectivity index (χ0) is 12.3. The number of aromatic nitrogens is 2. The quantitative estimate of drug-likeness (QED) is 0.880. The molecule has 0 amide bonds. The van der Waals surface area contributed by atoms with Crippen LogP contribution in [0, 0.1) is 0 Å². The van der Waals surface area contributed by atoms with Crippen LogP contribution < -0.4 is 15.8 Å². The van der Waals surface area contributed by atoms with E-state index in [2.05, 4.69) is 20.0 Å². The molecule has 1 aliphatic carbocycles. The number of nitrogens with zero attached hydrogens (tertiary/aromatic N) is 2. The summed E-state index contributed by atoms with van der Waals surface area (Å²) >= 11 is 0. The van der Waals surface area contributed by atoms with Crippen LogP contribution in [0.4, 0.5) is 14.7 Å². The molecule has 0 unspecified atom stereocenters. The molecule has 0 bridgehead atoms. The van der Waals surface area contributed by atoms with Crippen molar-refractivity contribution in [3.63, 3.8) is 0 Å².